The summed E-state index contributed by atoms with van der Waals surface area (Å²) in [6, 6.07) is 3.71. The Hall–Kier alpha value is -1.89. The van der Waals surface area contributed by atoms with E-state index in [1.54, 1.807) is 6.92 Å². The summed E-state index contributed by atoms with van der Waals surface area (Å²) < 4.78 is 18.4. The van der Waals surface area contributed by atoms with Gasteiger partial charge in [0.25, 0.3) is 0 Å². The zero-order valence-electron chi connectivity index (χ0n) is 13.0. The van der Waals surface area contributed by atoms with Gasteiger partial charge in [-0.3, -0.25) is 9.59 Å². The summed E-state index contributed by atoms with van der Waals surface area (Å²) in [5.41, 5.74) is 0.394. The molecule has 1 saturated heterocycles. The van der Waals surface area contributed by atoms with E-state index in [1.165, 1.54) is 35.7 Å². The lowest BCUT2D eigenvalue weighted by molar-refractivity contribution is -0.117. The second-order valence-electron chi connectivity index (χ2n) is 5.26. The minimum atomic E-state index is -0.656. The van der Waals surface area contributed by atoms with Gasteiger partial charge in [-0.25, -0.2) is 9.18 Å². The van der Waals surface area contributed by atoms with Gasteiger partial charge in [0.2, 0.25) is 5.91 Å². The topological polar surface area (TPSA) is 63.7 Å². The number of benzene rings is 1. The minimum absolute atomic E-state index is 0.00453. The van der Waals surface area contributed by atoms with Gasteiger partial charge in [-0.05, 0) is 31.0 Å². The number of halogens is 1. The molecule has 0 spiro atoms. The Balaban J connectivity index is 2.22. The maximum Gasteiger partial charge on any atom is 0.340 e. The van der Waals surface area contributed by atoms with Gasteiger partial charge in [0.15, 0.2) is 5.12 Å². The van der Waals surface area contributed by atoms with Crippen molar-refractivity contribution in [3.63, 3.8) is 0 Å². The molecular formula is C16H18FNO4S. The molecule has 0 N–H and O–H groups in total. The number of hydrogen-bond acceptors (Lipinski definition) is 5. The van der Waals surface area contributed by atoms with E-state index in [0.29, 0.717) is 24.4 Å². The van der Waals surface area contributed by atoms with Crippen LogP contribution in [0.1, 0.15) is 30.6 Å². The first kappa shape index (κ1) is 17.5. The highest BCUT2D eigenvalue weighted by molar-refractivity contribution is 8.13. The Morgan fingerprint density at radius 2 is 2.17 bits per heavy atom. The lowest BCUT2D eigenvalue weighted by Crippen LogP contribution is -2.27. The van der Waals surface area contributed by atoms with E-state index < -0.39 is 11.8 Å². The molecule has 5 nitrogen and oxygen atoms in total. The van der Waals surface area contributed by atoms with E-state index >= 15 is 0 Å². The maximum absolute atomic E-state index is 13.5. The molecule has 1 aliphatic rings. The van der Waals surface area contributed by atoms with Crippen LogP contribution in [0, 0.1) is 11.7 Å². The Morgan fingerprint density at radius 3 is 2.83 bits per heavy atom. The first-order valence-electron chi connectivity index (χ1n) is 7.32. The van der Waals surface area contributed by atoms with Crippen LogP contribution >= 0.6 is 11.8 Å². The summed E-state index contributed by atoms with van der Waals surface area (Å²) >= 11 is 1.18. The SMILES string of the molecule is CCOC(=O)c1cc(F)ccc1N1CC(CSC(C)=O)CC1=O. The van der Waals surface area contributed by atoms with Crippen LogP contribution in [0.3, 0.4) is 0 Å². The Kier molecular flexibility index (Phi) is 5.76. The second-order valence-corrected chi connectivity index (χ2v) is 6.46. The van der Waals surface area contributed by atoms with E-state index in [1.807, 2.05) is 0 Å². The van der Waals surface area contributed by atoms with Crippen molar-refractivity contribution in [2.75, 3.05) is 23.8 Å². The fourth-order valence-electron chi connectivity index (χ4n) is 2.48. The third-order valence-corrected chi connectivity index (χ3v) is 4.52. The monoisotopic (exact) mass is 339 g/mol. The van der Waals surface area contributed by atoms with Crippen LogP contribution in [0.5, 0.6) is 0 Å². The predicted molar refractivity (Wildman–Crippen MR) is 86.0 cm³/mol. The van der Waals surface area contributed by atoms with E-state index in [-0.39, 0.29) is 29.1 Å². The Labute approximate surface area is 138 Å². The minimum Gasteiger partial charge on any atom is -0.462 e. The summed E-state index contributed by atoms with van der Waals surface area (Å²) in [5.74, 6) is -0.788. The van der Waals surface area contributed by atoms with Crippen LogP contribution in [0.25, 0.3) is 0 Å². The summed E-state index contributed by atoms with van der Waals surface area (Å²) in [5, 5.41) is 0.00453. The van der Waals surface area contributed by atoms with Crippen LogP contribution < -0.4 is 4.90 Å². The first-order chi connectivity index (χ1) is 10.9. The van der Waals surface area contributed by atoms with Gasteiger partial charge >= 0.3 is 5.97 Å². The molecular weight excluding hydrogens is 321 g/mol. The molecule has 0 aromatic heterocycles. The molecule has 0 aliphatic carbocycles. The standard InChI is InChI=1S/C16H18FNO4S/c1-3-22-16(21)13-7-12(17)4-5-14(13)18-8-11(6-15(18)20)9-23-10(2)19/h4-5,7,11H,3,6,8-9H2,1-2H3. The number of thioether (sulfide) groups is 1. The third kappa shape index (κ3) is 4.31. The lowest BCUT2D eigenvalue weighted by Gasteiger charge is -2.19. The van der Waals surface area contributed by atoms with E-state index in [2.05, 4.69) is 0 Å². The lowest BCUT2D eigenvalue weighted by atomic mass is 10.1. The van der Waals surface area contributed by atoms with E-state index in [9.17, 15) is 18.8 Å². The van der Waals surface area contributed by atoms with Crippen LogP contribution in [0.4, 0.5) is 10.1 Å². The van der Waals surface area contributed by atoms with Crippen LogP contribution in [0.15, 0.2) is 18.2 Å². The molecule has 0 saturated carbocycles. The molecule has 23 heavy (non-hydrogen) atoms. The molecule has 0 bridgehead atoms. The average Bonchev–Trinajstić information content (AvgIpc) is 2.86. The normalized spacial score (nSPS) is 17.4. The highest BCUT2D eigenvalue weighted by Crippen LogP contribution is 2.30. The predicted octanol–water partition coefficient (Wildman–Crippen LogP) is 2.64. The molecule has 1 fully saturated rings. The molecule has 1 aromatic carbocycles. The molecule has 1 atom stereocenters. The number of carbonyl (C=O) groups is 3. The van der Waals surface area contributed by atoms with Crippen LogP contribution in [-0.4, -0.2) is 35.9 Å². The van der Waals surface area contributed by atoms with Gasteiger partial charge in [0.1, 0.15) is 5.82 Å². The van der Waals surface area contributed by atoms with E-state index in [4.69, 9.17) is 4.74 Å². The number of ether oxygens (including phenoxy) is 1. The number of hydrogen-bond donors (Lipinski definition) is 0. The van der Waals surface area contributed by atoms with Gasteiger partial charge < -0.3 is 9.64 Å². The van der Waals surface area contributed by atoms with Gasteiger partial charge in [-0.2, -0.15) is 0 Å². The molecule has 1 aromatic rings. The van der Waals surface area contributed by atoms with Crippen molar-refractivity contribution in [3.8, 4) is 0 Å². The second kappa shape index (κ2) is 7.59. The van der Waals surface area contributed by atoms with Gasteiger partial charge in [0, 0.05) is 25.6 Å². The third-order valence-electron chi connectivity index (χ3n) is 3.47. The van der Waals surface area contributed by atoms with Crippen molar-refractivity contribution in [1.29, 1.82) is 0 Å². The highest BCUT2D eigenvalue weighted by atomic mass is 32.2. The smallest absolute Gasteiger partial charge is 0.340 e. The molecule has 1 heterocycles. The van der Waals surface area contributed by atoms with Crippen molar-refractivity contribution in [2.24, 2.45) is 5.92 Å². The van der Waals surface area contributed by atoms with E-state index in [0.717, 1.165) is 6.07 Å². The van der Waals surface area contributed by atoms with Crippen molar-refractivity contribution >= 4 is 34.4 Å². The van der Waals surface area contributed by atoms with Gasteiger partial charge in [-0.1, -0.05) is 11.8 Å². The molecule has 0 radical (unpaired) electrons. The summed E-state index contributed by atoms with van der Waals surface area (Å²) in [6.07, 6.45) is 0.305. The molecule has 1 aliphatic heterocycles. The molecule has 124 valence electrons. The summed E-state index contributed by atoms with van der Waals surface area (Å²) in [7, 11) is 0. The summed E-state index contributed by atoms with van der Waals surface area (Å²) in [6.45, 7) is 3.71. The number of anilines is 1. The van der Waals surface area contributed by atoms with Crippen molar-refractivity contribution < 1.29 is 23.5 Å². The fourth-order valence-corrected chi connectivity index (χ4v) is 3.17. The number of nitrogens with zero attached hydrogens (tertiary/aromatic N) is 1. The maximum atomic E-state index is 13.5. The zero-order valence-corrected chi connectivity index (χ0v) is 13.8. The quantitative estimate of drug-likeness (QED) is 0.772. The van der Waals surface area contributed by atoms with Crippen LogP contribution in [-0.2, 0) is 14.3 Å². The Bertz CT molecular complexity index is 635. The van der Waals surface area contributed by atoms with Crippen molar-refractivity contribution in [1.82, 2.24) is 0 Å². The molecule has 2 rings (SSSR count). The first-order valence-corrected chi connectivity index (χ1v) is 8.31. The molecule has 1 unspecified atom stereocenters. The van der Waals surface area contributed by atoms with Crippen molar-refractivity contribution in [2.45, 2.75) is 20.3 Å². The number of carbonyl (C=O) groups excluding carboxylic acids is 3. The van der Waals surface area contributed by atoms with Crippen LogP contribution in [0.2, 0.25) is 0 Å². The highest BCUT2D eigenvalue weighted by Gasteiger charge is 2.33. The molecule has 1 amide bonds. The van der Waals surface area contributed by atoms with Gasteiger partial charge in [-0.15, -0.1) is 0 Å². The average molecular weight is 339 g/mol. The fraction of sp³-hybridized carbons (Fsp3) is 0.438. The summed E-state index contributed by atoms with van der Waals surface area (Å²) in [4.78, 5) is 36.8. The van der Waals surface area contributed by atoms with Gasteiger partial charge in [0.05, 0.1) is 17.9 Å². The largest absolute Gasteiger partial charge is 0.462 e. The molecule has 7 heteroatoms. The number of esters is 1. The zero-order chi connectivity index (χ0) is 17.0. The number of amides is 1. The number of rotatable bonds is 5. The van der Waals surface area contributed by atoms with Crippen molar-refractivity contribution in [3.05, 3.63) is 29.6 Å². The Morgan fingerprint density at radius 1 is 1.43 bits per heavy atom.